The van der Waals surface area contributed by atoms with Crippen LogP contribution in [0.1, 0.15) is 17.9 Å². The molecule has 2 fully saturated rings. The van der Waals surface area contributed by atoms with E-state index in [0.717, 1.165) is 25.6 Å². The summed E-state index contributed by atoms with van der Waals surface area (Å²) < 4.78 is 41.2. The molecule has 0 spiro atoms. The average molecular weight is 219 g/mol. The van der Waals surface area contributed by atoms with Crippen LogP contribution < -0.4 is 5.32 Å². The lowest BCUT2D eigenvalue weighted by Crippen LogP contribution is -2.83. The van der Waals surface area contributed by atoms with E-state index < -0.39 is 11.9 Å². The summed E-state index contributed by atoms with van der Waals surface area (Å²) in [7, 11) is 0. The lowest BCUT2D eigenvalue weighted by Gasteiger charge is -2.02. The number of rotatable bonds is 1. The summed E-state index contributed by atoms with van der Waals surface area (Å²) in [5.41, 5.74) is 0.362. The second-order valence-electron chi connectivity index (χ2n) is 4.36. The van der Waals surface area contributed by atoms with Crippen LogP contribution in [-0.2, 0) is 11.6 Å². The highest BCUT2D eigenvalue weighted by Crippen LogP contribution is 2.54. The number of hydrogen-bond donors (Lipinski definition) is 1. The van der Waals surface area contributed by atoms with Crippen molar-refractivity contribution in [3.63, 3.8) is 0 Å². The Morgan fingerprint density at radius 1 is 1.53 bits per heavy atom. The van der Waals surface area contributed by atoms with Crippen LogP contribution in [-0.4, -0.2) is 18.2 Å². The van der Waals surface area contributed by atoms with E-state index in [2.05, 4.69) is 15.0 Å². The Morgan fingerprint density at radius 3 is 2.80 bits per heavy atom. The molecular formula is C9H10F3N2O+. The third kappa shape index (κ3) is 1.20. The van der Waals surface area contributed by atoms with Crippen LogP contribution in [0.15, 0.2) is 10.6 Å². The summed E-state index contributed by atoms with van der Waals surface area (Å²) in [6.07, 6.45) is -3.47. The zero-order valence-corrected chi connectivity index (χ0v) is 7.84. The third-order valence-corrected chi connectivity index (χ3v) is 3.49. The van der Waals surface area contributed by atoms with Gasteiger partial charge in [-0.2, -0.15) is 13.2 Å². The maximum Gasteiger partial charge on any atom is 0.452 e. The molecule has 3 nitrogen and oxygen atoms in total. The van der Waals surface area contributed by atoms with Gasteiger partial charge in [0.25, 0.3) is 0 Å². The number of hydrogen-bond acceptors (Lipinski definition) is 2. The van der Waals surface area contributed by atoms with E-state index in [1.54, 1.807) is 0 Å². The minimum absolute atomic E-state index is 0.118. The van der Waals surface area contributed by atoms with E-state index >= 15 is 0 Å². The normalized spacial score (nSPS) is 34.2. The van der Waals surface area contributed by atoms with Gasteiger partial charge in [-0.15, -0.1) is 0 Å². The Hall–Kier alpha value is -1.04. The summed E-state index contributed by atoms with van der Waals surface area (Å²) in [5, 5.41) is 5.68. The highest BCUT2D eigenvalue weighted by atomic mass is 19.4. The first-order chi connectivity index (χ1) is 7.02. The van der Waals surface area contributed by atoms with Crippen molar-refractivity contribution < 1.29 is 23.0 Å². The quantitative estimate of drug-likeness (QED) is 0.748. The van der Waals surface area contributed by atoms with Gasteiger partial charge in [0, 0.05) is 12.0 Å². The first-order valence-electron chi connectivity index (χ1n) is 4.88. The Morgan fingerprint density at radius 2 is 2.33 bits per heavy atom. The van der Waals surface area contributed by atoms with Gasteiger partial charge in [-0.25, -0.2) is 0 Å². The molecule has 2 unspecified atom stereocenters. The smallest absolute Gasteiger partial charge is 0.351 e. The fourth-order valence-corrected chi connectivity index (χ4v) is 2.54. The SMILES string of the molecule is FC(F)(F)c1cc(C23C[NH2+]CC2C3)no1. The maximum absolute atomic E-state index is 12.3. The zero-order valence-electron chi connectivity index (χ0n) is 7.84. The van der Waals surface area contributed by atoms with Crippen LogP contribution in [0.2, 0.25) is 0 Å². The highest BCUT2D eigenvalue weighted by Gasteiger charge is 2.63. The van der Waals surface area contributed by atoms with Crippen molar-refractivity contribution >= 4 is 0 Å². The lowest BCUT2D eigenvalue weighted by molar-refractivity contribution is -0.644. The Kier molecular flexibility index (Phi) is 1.57. The average Bonchev–Trinajstić information content (AvgIpc) is 2.63. The van der Waals surface area contributed by atoms with Gasteiger partial charge in [0.05, 0.1) is 24.2 Å². The molecule has 1 saturated carbocycles. The zero-order chi connectivity index (χ0) is 10.7. The molecule has 2 aliphatic rings. The number of fused-ring (bicyclic) bond motifs is 1. The van der Waals surface area contributed by atoms with Crippen LogP contribution in [0.5, 0.6) is 0 Å². The van der Waals surface area contributed by atoms with Crippen molar-refractivity contribution in [2.75, 3.05) is 13.1 Å². The standard InChI is InChI=1S/C9H9F3N2O/c10-9(11,12)7-1-6(14-15-7)8-2-5(8)3-13-4-8/h1,5,13H,2-4H2/p+1. The molecule has 0 bridgehead atoms. The summed E-state index contributed by atoms with van der Waals surface area (Å²) in [6, 6.07) is 1.05. The number of quaternary nitrogens is 1. The largest absolute Gasteiger partial charge is 0.452 e. The monoisotopic (exact) mass is 219 g/mol. The van der Waals surface area contributed by atoms with E-state index in [1.807, 2.05) is 0 Å². The molecule has 82 valence electrons. The molecule has 1 aromatic rings. The molecule has 1 aliphatic carbocycles. The van der Waals surface area contributed by atoms with Gasteiger partial charge in [0.1, 0.15) is 0 Å². The van der Waals surface area contributed by atoms with E-state index in [9.17, 15) is 13.2 Å². The minimum Gasteiger partial charge on any atom is -0.351 e. The summed E-state index contributed by atoms with van der Waals surface area (Å²) in [4.78, 5) is 0. The van der Waals surface area contributed by atoms with Crippen molar-refractivity contribution in [2.24, 2.45) is 5.92 Å². The molecule has 15 heavy (non-hydrogen) atoms. The summed E-state index contributed by atoms with van der Waals surface area (Å²) in [6.45, 7) is 1.83. The molecule has 1 saturated heterocycles. The minimum atomic E-state index is -4.42. The third-order valence-electron chi connectivity index (χ3n) is 3.49. The molecule has 2 N–H and O–H groups in total. The maximum atomic E-state index is 12.3. The lowest BCUT2D eigenvalue weighted by atomic mass is 10.0. The number of alkyl halides is 3. The number of nitrogens with two attached hydrogens (primary N) is 1. The molecule has 3 rings (SSSR count). The predicted octanol–water partition coefficient (Wildman–Crippen LogP) is 0.528. The predicted molar refractivity (Wildman–Crippen MR) is 42.9 cm³/mol. The first-order valence-corrected chi connectivity index (χ1v) is 4.88. The second-order valence-corrected chi connectivity index (χ2v) is 4.36. The van der Waals surface area contributed by atoms with Crippen molar-refractivity contribution in [2.45, 2.75) is 18.0 Å². The van der Waals surface area contributed by atoms with Crippen LogP contribution in [0.4, 0.5) is 13.2 Å². The number of halogens is 3. The second kappa shape index (κ2) is 2.55. The molecule has 2 heterocycles. The summed E-state index contributed by atoms with van der Waals surface area (Å²) >= 11 is 0. The van der Waals surface area contributed by atoms with E-state index in [-0.39, 0.29) is 5.41 Å². The molecule has 0 amide bonds. The summed E-state index contributed by atoms with van der Waals surface area (Å²) in [5.74, 6) is -0.492. The van der Waals surface area contributed by atoms with Crippen molar-refractivity contribution in [1.29, 1.82) is 0 Å². The number of aromatic nitrogens is 1. The van der Waals surface area contributed by atoms with Gasteiger partial charge in [0.15, 0.2) is 0 Å². The molecular weight excluding hydrogens is 209 g/mol. The van der Waals surface area contributed by atoms with E-state index in [1.165, 1.54) is 0 Å². The Balaban J connectivity index is 1.92. The number of piperidine rings is 1. The van der Waals surface area contributed by atoms with Crippen LogP contribution >= 0.6 is 0 Å². The first kappa shape index (κ1) is 9.21. The van der Waals surface area contributed by atoms with Crippen LogP contribution in [0.3, 0.4) is 0 Å². The topological polar surface area (TPSA) is 42.6 Å². The fourth-order valence-electron chi connectivity index (χ4n) is 2.54. The highest BCUT2D eigenvalue weighted by molar-refractivity contribution is 5.30. The van der Waals surface area contributed by atoms with Crippen LogP contribution in [0.25, 0.3) is 0 Å². The van der Waals surface area contributed by atoms with Gasteiger partial charge in [-0.1, -0.05) is 5.16 Å². The van der Waals surface area contributed by atoms with Crippen molar-refractivity contribution in [3.8, 4) is 0 Å². The number of nitrogens with zero attached hydrogens (tertiary/aromatic N) is 1. The molecule has 1 aromatic heterocycles. The van der Waals surface area contributed by atoms with Crippen LogP contribution in [0, 0.1) is 5.92 Å². The molecule has 1 aliphatic heterocycles. The van der Waals surface area contributed by atoms with Gasteiger partial charge in [-0.3, -0.25) is 0 Å². The molecule has 6 heteroatoms. The fraction of sp³-hybridized carbons (Fsp3) is 0.667. The van der Waals surface area contributed by atoms with Crippen molar-refractivity contribution in [3.05, 3.63) is 17.5 Å². The van der Waals surface area contributed by atoms with Crippen molar-refractivity contribution in [1.82, 2.24) is 5.16 Å². The molecule has 2 atom stereocenters. The van der Waals surface area contributed by atoms with Gasteiger partial charge in [-0.05, 0) is 6.42 Å². The molecule has 0 radical (unpaired) electrons. The molecule has 0 aromatic carbocycles. The Labute approximate surface area is 83.6 Å². The van der Waals surface area contributed by atoms with Gasteiger partial charge in [0.2, 0.25) is 5.76 Å². The van der Waals surface area contributed by atoms with E-state index in [0.29, 0.717) is 11.6 Å². The van der Waals surface area contributed by atoms with Gasteiger partial charge < -0.3 is 9.84 Å². The Bertz CT molecular complexity index is 400. The van der Waals surface area contributed by atoms with Gasteiger partial charge >= 0.3 is 6.18 Å². The van der Waals surface area contributed by atoms with E-state index in [4.69, 9.17) is 0 Å².